The van der Waals surface area contributed by atoms with Gasteiger partial charge in [0.15, 0.2) is 11.6 Å². The molecule has 0 aliphatic rings. The lowest BCUT2D eigenvalue weighted by Gasteiger charge is -2.11. The minimum absolute atomic E-state index is 0.149. The van der Waals surface area contributed by atoms with Crippen LogP contribution in [-0.2, 0) is 0 Å². The van der Waals surface area contributed by atoms with E-state index in [2.05, 4.69) is 0 Å². The standard InChI is InChI=1S/C18H15FO2/c1-12(20)14-9-10-18(16(19)11-14)21-17-8-4-6-13-5-2-3-7-15(13)17/h2-12,20H,1H3/t12-/m1/s1. The molecule has 3 rings (SSSR count). The third kappa shape index (κ3) is 2.73. The van der Waals surface area contributed by atoms with Gasteiger partial charge in [0, 0.05) is 5.39 Å². The molecule has 1 atom stereocenters. The Hall–Kier alpha value is -2.39. The van der Waals surface area contributed by atoms with Crippen LogP contribution in [0.2, 0.25) is 0 Å². The molecule has 0 saturated heterocycles. The highest BCUT2D eigenvalue weighted by Crippen LogP contribution is 2.32. The van der Waals surface area contributed by atoms with Crippen molar-refractivity contribution < 1.29 is 14.2 Å². The average molecular weight is 282 g/mol. The molecule has 106 valence electrons. The minimum Gasteiger partial charge on any atom is -0.454 e. The lowest BCUT2D eigenvalue weighted by Crippen LogP contribution is -1.95. The zero-order chi connectivity index (χ0) is 14.8. The second-order valence-corrected chi connectivity index (χ2v) is 4.95. The summed E-state index contributed by atoms with van der Waals surface area (Å²) in [5.74, 6) is 0.272. The van der Waals surface area contributed by atoms with Crippen molar-refractivity contribution in [2.24, 2.45) is 0 Å². The third-order valence-corrected chi connectivity index (χ3v) is 3.41. The van der Waals surface area contributed by atoms with E-state index in [1.807, 2.05) is 42.5 Å². The molecule has 0 fully saturated rings. The van der Waals surface area contributed by atoms with Crippen LogP contribution in [0.4, 0.5) is 4.39 Å². The van der Waals surface area contributed by atoms with Gasteiger partial charge in [0.25, 0.3) is 0 Å². The van der Waals surface area contributed by atoms with Crippen molar-refractivity contribution >= 4 is 10.8 Å². The number of hydrogen-bond acceptors (Lipinski definition) is 2. The molecule has 3 aromatic carbocycles. The first kappa shape index (κ1) is 13.6. The predicted octanol–water partition coefficient (Wildman–Crippen LogP) is 4.82. The lowest BCUT2D eigenvalue weighted by atomic mass is 10.1. The molecule has 0 spiro atoms. The van der Waals surface area contributed by atoms with Crippen LogP contribution in [0.25, 0.3) is 10.8 Å². The average Bonchev–Trinajstić information content (AvgIpc) is 2.49. The van der Waals surface area contributed by atoms with Crippen LogP contribution >= 0.6 is 0 Å². The van der Waals surface area contributed by atoms with Gasteiger partial charge in [-0.25, -0.2) is 4.39 Å². The first-order chi connectivity index (χ1) is 10.1. The van der Waals surface area contributed by atoms with Gasteiger partial charge >= 0.3 is 0 Å². The van der Waals surface area contributed by atoms with Gasteiger partial charge in [-0.1, -0.05) is 42.5 Å². The van der Waals surface area contributed by atoms with E-state index in [0.717, 1.165) is 10.8 Å². The molecule has 1 N–H and O–H groups in total. The SMILES string of the molecule is C[C@@H](O)c1ccc(Oc2cccc3ccccc23)c(F)c1. The summed E-state index contributed by atoms with van der Waals surface area (Å²) in [7, 11) is 0. The Morgan fingerprint density at radius 3 is 2.48 bits per heavy atom. The molecule has 3 heteroatoms. The highest BCUT2D eigenvalue weighted by atomic mass is 19.1. The van der Waals surface area contributed by atoms with Gasteiger partial charge in [0.2, 0.25) is 0 Å². The molecule has 0 unspecified atom stereocenters. The molecule has 2 nitrogen and oxygen atoms in total. The van der Waals surface area contributed by atoms with Crippen molar-refractivity contribution in [1.29, 1.82) is 0 Å². The molecule has 0 heterocycles. The first-order valence-electron chi connectivity index (χ1n) is 6.78. The summed E-state index contributed by atoms with van der Waals surface area (Å²) in [6, 6.07) is 18.0. The second kappa shape index (κ2) is 5.54. The van der Waals surface area contributed by atoms with Crippen LogP contribution in [0.1, 0.15) is 18.6 Å². The Balaban J connectivity index is 1.99. The highest BCUT2D eigenvalue weighted by molar-refractivity contribution is 5.88. The quantitative estimate of drug-likeness (QED) is 0.746. The number of benzene rings is 3. The van der Waals surface area contributed by atoms with E-state index in [4.69, 9.17) is 4.74 Å². The number of ether oxygens (including phenoxy) is 1. The summed E-state index contributed by atoms with van der Waals surface area (Å²) in [5.41, 5.74) is 0.526. The maximum absolute atomic E-state index is 14.1. The molecular formula is C18H15FO2. The maximum atomic E-state index is 14.1. The van der Waals surface area contributed by atoms with Gasteiger partial charge < -0.3 is 9.84 Å². The van der Waals surface area contributed by atoms with Crippen molar-refractivity contribution in [3.63, 3.8) is 0 Å². The molecule has 0 saturated carbocycles. The van der Waals surface area contributed by atoms with E-state index in [1.54, 1.807) is 19.1 Å². The fraction of sp³-hybridized carbons (Fsp3) is 0.111. The summed E-state index contributed by atoms with van der Waals surface area (Å²) >= 11 is 0. The summed E-state index contributed by atoms with van der Waals surface area (Å²) in [6.45, 7) is 1.60. The van der Waals surface area contributed by atoms with E-state index in [0.29, 0.717) is 11.3 Å². The first-order valence-corrected chi connectivity index (χ1v) is 6.78. The topological polar surface area (TPSA) is 29.5 Å². The summed E-state index contributed by atoms with van der Waals surface area (Å²) in [5, 5.41) is 11.4. The van der Waals surface area contributed by atoms with E-state index >= 15 is 0 Å². The summed E-state index contributed by atoms with van der Waals surface area (Å²) in [6.07, 6.45) is -0.703. The van der Waals surface area contributed by atoms with Crippen LogP contribution in [0, 0.1) is 5.82 Å². The molecular weight excluding hydrogens is 267 g/mol. The Bertz CT molecular complexity index is 776. The zero-order valence-corrected chi connectivity index (χ0v) is 11.6. The lowest BCUT2D eigenvalue weighted by molar-refractivity contribution is 0.198. The predicted molar refractivity (Wildman–Crippen MR) is 81.1 cm³/mol. The Morgan fingerprint density at radius 1 is 0.952 bits per heavy atom. The molecule has 0 radical (unpaired) electrons. The van der Waals surface area contributed by atoms with E-state index in [9.17, 15) is 9.50 Å². The summed E-state index contributed by atoms with van der Waals surface area (Å²) in [4.78, 5) is 0. The van der Waals surface area contributed by atoms with Crippen molar-refractivity contribution in [3.8, 4) is 11.5 Å². The van der Waals surface area contributed by atoms with Crippen molar-refractivity contribution in [1.82, 2.24) is 0 Å². The molecule has 0 amide bonds. The fourth-order valence-electron chi connectivity index (χ4n) is 2.26. The molecule has 0 aliphatic carbocycles. The van der Waals surface area contributed by atoms with Gasteiger partial charge in [0.05, 0.1) is 6.10 Å². The van der Waals surface area contributed by atoms with Crippen molar-refractivity contribution in [2.45, 2.75) is 13.0 Å². The number of fused-ring (bicyclic) bond motifs is 1. The molecule has 0 aliphatic heterocycles. The number of aliphatic hydroxyl groups is 1. The van der Waals surface area contributed by atoms with Crippen LogP contribution < -0.4 is 4.74 Å². The molecule has 21 heavy (non-hydrogen) atoms. The van der Waals surface area contributed by atoms with Crippen LogP contribution in [0.3, 0.4) is 0 Å². The number of hydrogen-bond donors (Lipinski definition) is 1. The van der Waals surface area contributed by atoms with Gasteiger partial charge in [-0.2, -0.15) is 0 Å². The Kier molecular flexibility index (Phi) is 3.59. The molecule has 0 aromatic heterocycles. The minimum atomic E-state index is -0.703. The Morgan fingerprint density at radius 2 is 1.71 bits per heavy atom. The normalized spacial score (nSPS) is 12.3. The second-order valence-electron chi connectivity index (χ2n) is 4.95. The number of rotatable bonds is 3. The zero-order valence-electron chi connectivity index (χ0n) is 11.6. The fourth-order valence-corrected chi connectivity index (χ4v) is 2.26. The largest absolute Gasteiger partial charge is 0.454 e. The van der Waals surface area contributed by atoms with Crippen LogP contribution in [0.5, 0.6) is 11.5 Å². The monoisotopic (exact) mass is 282 g/mol. The molecule has 0 bridgehead atoms. The third-order valence-electron chi connectivity index (χ3n) is 3.41. The van der Waals surface area contributed by atoms with Gasteiger partial charge in [-0.15, -0.1) is 0 Å². The van der Waals surface area contributed by atoms with Gasteiger partial charge in [-0.05, 0) is 36.1 Å². The van der Waals surface area contributed by atoms with Gasteiger partial charge in [0.1, 0.15) is 5.75 Å². The molecule has 3 aromatic rings. The van der Waals surface area contributed by atoms with E-state index in [-0.39, 0.29) is 5.75 Å². The summed E-state index contributed by atoms with van der Waals surface area (Å²) < 4.78 is 19.8. The number of aliphatic hydroxyl groups excluding tert-OH is 1. The number of halogens is 1. The van der Waals surface area contributed by atoms with Crippen molar-refractivity contribution in [2.75, 3.05) is 0 Å². The van der Waals surface area contributed by atoms with Crippen LogP contribution in [0.15, 0.2) is 60.7 Å². The van der Waals surface area contributed by atoms with E-state index < -0.39 is 11.9 Å². The maximum Gasteiger partial charge on any atom is 0.166 e. The van der Waals surface area contributed by atoms with Gasteiger partial charge in [-0.3, -0.25) is 0 Å². The van der Waals surface area contributed by atoms with Crippen molar-refractivity contribution in [3.05, 3.63) is 72.0 Å². The highest BCUT2D eigenvalue weighted by Gasteiger charge is 2.10. The van der Waals surface area contributed by atoms with E-state index in [1.165, 1.54) is 6.07 Å². The smallest absolute Gasteiger partial charge is 0.166 e. The Labute approximate surface area is 122 Å². The van der Waals surface area contributed by atoms with Crippen LogP contribution in [-0.4, -0.2) is 5.11 Å².